The van der Waals surface area contributed by atoms with Gasteiger partial charge in [-0.3, -0.25) is 0 Å². The van der Waals surface area contributed by atoms with E-state index in [1.54, 1.807) is 0 Å². The molecule has 16 rings (SSSR count). The summed E-state index contributed by atoms with van der Waals surface area (Å²) in [6, 6.07) is 106. The second kappa shape index (κ2) is 18.4. The summed E-state index contributed by atoms with van der Waals surface area (Å²) in [6.45, 7) is 15.3. The minimum atomic E-state index is -0.703. The summed E-state index contributed by atoms with van der Waals surface area (Å²) in [6.07, 6.45) is 0. The lowest BCUT2D eigenvalue weighted by atomic mass is 9.39. The summed E-state index contributed by atoms with van der Waals surface area (Å²) in [5, 5.41) is 14.8. The van der Waals surface area contributed by atoms with E-state index in [0.29, 0.717) is 0 Å². The van der Waals surface area contributed by atoms with Crippen molar-refractivity contribution in [1.29, 1.82) is 0 Å². The fraction of sp³-hybridized carbons (Fsp3) is 0.122. The molecule has 14 aromatic carbocycles. The molecule has 0 spiro atoms. The zero-order valence-corrected chi connectivity index (χ0v) is 48.5. The van der Waals surface area contributed by atoms with Gasteiger partial charge in [-0.05, 0) is 170 Å². The second-order valence-electron chi connectivity index (χ2n) is 25.5. The highest BCUT2D eigenvalue weighted by molar-refractivity contribution is 6.16. The van der Waals surface area contributed by atoms with E-state index < -0.39 is 21.7 Å². The normalized spacial score (nSPS) is 16.3. The highest BCUT2D eigenvalue weighted by Crippen LogP contribution is 2.76. The molecule has 2 nitrogen and oxygen atoms in total. The van der Waals surface area contributed by atoms with Gasteiger partial charge in [0, 0.05) is 44.4 Å². The lowest BCUT2D eigenvalue weighted by Gasteiger charge is -2.62. The van der Waals surface area contributed by atoms with Crippen LogP contribution in [0, 0.1) is 10.8 Å². The topological polar surface area (TPSA) is 6.48 Å². The van der Waals surface area contributed by atoms with Crippen LogP contribution in [-0.4, -0.2) is 0 Å². The van der Waals surface area contributed by atoms with Gasteiger partial charge in [0.2, 0.25) is 0 Å². The van der Waals surface area contributed by atoms with Crippen LogP contribution < -0.4 is 9.80 Å². The lowest BCUT2D eigenvalue weighted by molar-refractivity contribution is 0.0595. The van der Waals surface area contributed by atoms with E-state index in [1.165, 1.54) is 109 Å². The minimum Gasteiger partial charge on any atom is -0.310 e. The third-order valence-electron chi connectivity index (χ3n) is 19.4. The molecule has 84 heavy (non-hydrogen) atoms. The van der Waals surface area contributed by atoms with Gasteiger partial charge in [0.1, 0.15) is 0 Å². The molecule has 2 heteroatoms. The maximum absolute atomic E-state index is 2.66. The van der Waals surface area contributed by atoms with Gasteiger partial charge in [0.05, 0.1) is 11.4 Å². The van der Waals surface area contributed by atoms with E-state index in [2.05, 4.69) is 330 Å². The summed E-state index contributed by atoms with van der Waals surface area (Å²) in [4.78, 5) is 5.10. The van der Waals surface area contributed by atoms with E-state index >= 15 is 0 Å². The van der Waals surface area contributed by atoms with Crippen molar-refractivity contribution in [1.82, 2.24) is 0 Å². The SMILES string of the molecule is CC(C)(C)C1(C2(C(C)(C)C)c3ccccc3-c3c2cc(N(c2ccccc2)c2ccc4ccc5ccccc5c4c2)c2ccccc32)c2ccccc2-c2c1cc(N(c1ccccc1)c1ccc3ccc4ccccc4c3c1)c1ccccc21. The van der Waals surface area contributed by atoms with Crippen LogP contribution in [0.5, 0.6) is 0 Å². The first kappa shape index (κ1) is 50.0. The van der Waals surface area contributed by atoms with Crippen LogP contribution in [0.1, 0.15) is 63.8 Å². The molecule has 2 unspecified atom stereocenters. The molecule has 0 N–H and O–H groups in total. The predicted molar refractivity (Wildman–Crippen MR) is 359 cm³/mol. The van der Waals surface area contributed by atoms with Crippen molar-refractivity contribution in [2.45, 2.75) is 52.4 Å². The fourth-order valence-electron chi connectivity index (χ4n) is 16.4. The molecule has 14 aromatic rings. The lowest BCUT2D eigenvalue weighted by Crippen LogP contribution is -2.62. The largest absolute Gasteiger partial charge is 0.310 e. The quantitative estimate of drug-likeness (QED) is 0.147. The summed E-state index contributed by atoms with van der Waals surface area (Å²) in [5.74, 6) is 0. The van der Waals surface area contributed by atoms with Crippen LogP contribution in [0.15, 0.2) is 279 Å². The van der Waals surface area contributed by atoms with E-state index in [1.807, 2.05) is 0 Å². The number of para-hydroxylation sites is 2. The van der Waals surface area contributed by atoms with Crippen LogP contribution in [0.3, 0.4) is 0 Å². The number of anilines is 6. The van der Waals surface area contributed by atoms with Gasteiger partial charge in [-0.25, -0.2) is 0 Å². The smallest absolute Gasteiger partial charge is 0.0543 e. The Labute approximate surface area is 492 Å². The van der Waals surface area contributed by atoms with Crippen molar-refractivity contribution in [3.05, 3.63) is 301 Å². The van der Waals surface area contributed by atoms with E-state index in [9.17, 15) is 0 Å². The number of fused-ring (bicyclic) bond motifs is 16. The molecular weight excluding hydrogens is 1010 g/mol. The number of rotatable bonds is 7. The first-order chi connectivity index (χ1) is 41.0. The maximum Gasteiger partial charge on any atom is 0.0543 e. The van der Waals surface area contributed by atoms with Crippen molar-refractivity contribution in [3.8, 4) is 22.3 Å². The van der Waals surface area contributed by atoms with Crippen molar-refractivity contribution in [3.63, 3.8) is 0 Å². The molecule has 2 aliphatic rings. The van der Waals surface area contributed by atoms with Gasteiger partial charge < -0.3 is 9.80 Å². The van der Waals surface area contributed by atoms with Crippen LogP contribution >= 0.6 is 0 Å². The van der Waals surface area contributed by atoms with Crippen LogP contribution in [-0.2, 0) is 10.8 Å². The van der Waals surface area contributed by atoms with Gasteiger partial charge in [-0.1, -0.05) is 260 Å². The third-order valence-corrected chi connectivity index (χ3v) is 19.4. The first-order valence-electron chi connectivity index (χ1n) is 29.8. The summed E-state index contributed by atoms with van der Waals surface area (Å²) >= 11 is 0. The highest BCUT2D eigenvalue weighted by atomic mass is 15.2. The van der Waals surface area contributed by atoms with Gasteiger partial charge >= 0.3 is 0 Å². The number of nitrogens with zero attached hydrogens (tertiary/aromatic N) is 2. The fourth-order valence-corrected chi connectivity index (χ4v) is 16.4. The monoisotopic (exact) mass is 1080 g/mol. The third kappa shape index (κ3) is 6.86. The van der Waals surface area contributed by atoms with Crippen molar-refractivity contribution in [2.75, 3.05) is 9.80 Å². The Morgan fingerprint density at radius 1 is 0.238 bits per heavy atom. The maximum atomic E-state index is 2.66. The van der Waals surface area contributed by atoms with Crippen molar-refractivity contribution < 1.29 is 0 Å². The van der Waals surface area contributed by atoms with Gasteiger partial charge in [0.25, 0.3) is 0 Å². The molecule has 0 amide bonds. The second-order valence-corrected chi connectivity index (χ2v) is 25.5. The van der Waals surface area contributed by atoms with Crippen LogP contribution in [0.4, 0.5) is 34.1 Å². The predicted octanol–water partition coefficient (Wildman–Crippen LogP) is 22.9. The summed E-state index contributed by atoms with van der Waals surface area (Å²) in [5.41, 5.74) is 15.2. The summed E-state index contributed by atoms with van der Waals surface area (Å²) < 4.78 is 0. The van der Waals surface area contributed by atoms with Crippen LogP contribution in [0.2, 0.25) is 0 Å². The number of benzene rings is 14. The van der Waals surface area contributed by atoms with Gasteiger partial charge in [-0.15, -0.1) is 0 Å². The Morgan fingerprint density at radius 3 is 0.940 bits per heavy atom. The van der Waals surface area contributed by atoms with Crippen molar-refractivity contribution in [2.24, 2.45) is 10.8 Å². The Hall–Kier alpha value is -9.76. The molecule has 0 bridgehead atoms. The van der Waals surface area contributed by atoms with E-state index in [-0.39, 0.29) is 0 Å². The zero-order chi connectivity index (χ0) is 56.7. The number of hydrogen-bond donors (Lipinski definition) is 0. The Balaban J connectivity index is 1.06. The standard InChI is InChI=1S/C82H64N2/c1-79(2,3)81(71-39-23-21-37-67(71)77-65-35-19-17-33-63(65)75(51-73(77)81)83(57-27-9-7-10-28-57)59-47-45-55-43-41-53-25-13-15-31-61(53)69(55)49-59)82(80(4,5)6)72-40-24-22-38-68(72)78-66-36-20-18-34-64(66)76(52-74(78)82)84(58-29-11-8-12-30-58)60-48-46-56-44-42-54-26-14-16-32-62(54)70(56)50-60/h7-52H,1-6H3. The molecule has 0 radical (unpaired) electrons. The molecular formula is C82H64N2. The highest BCUT2D eigenvalue weighted by Gasteiger charge is 2.71. The molecule has 2 atom stereocenters. The average Bonchev–Trinajstić information content (AvgIpc) is 1.44. The Morgan fingerprint density at radius 2 is 0.548 bits per heavy atom. The first-order valence-corrected chi connectivity index (χ1v) is 29.8. The number of hydrogen-bond acceptors (Lipinski definition) is 2. The average molecular weight is 1080 g/mol. The Bertz CT molecular complexity index is 4690. The van der Waals surface area contributed by atoms with Crippen molar-refractivity contribution >= 4 is 98.8 Å². The minimum absolute atomic E-state index is 0.417. The molecule has 0 aliphatic heterocycles. The molecule has 0 heterocycles. The van der Waals surface area contributed by atoms with E-state index in [0.717, 1.165) is 34.1 Å². The van der Waals surface area contributed by atoms with Gasteiger partial charge in [-0.2, -0.15) is 0 Å². The molecule has 402 valence electrons. The Kier molecular flexibility index (Phi) is 10.9. The zero-order valence-electron chi connectivity index (χ0n) is 48.5. The molecule has 0 saturated carbocycles. The van der Waals surface area contributed by atoms with Crippen LogP contribution in [0.25, 0.3) is 86.9 Å². The molecule has 2 aliphatic carbocycles. The van der Waals surface area contributed by atoms with Gasteiger partial charge in [0.15, 0.2) is 0 Å². The molecule has 0 saturated heterocycles. The van der Waals surface area contributed by atoms with E-state index in [4.69, 9.17) is 0 Å². The summed E-state index contributed by atoms with van der Waals surface area (Å²) in [7, 11) is 0. The molecule has 0 fully saturated rings. The molecule has 0 aromatic heterocycles.